The molecule has 0 N–H and O–H groups in total. The van der Waals surface area contributed by atoms with Gasteiger partial charge in [-0.05, 0) is 66.7 Å². The second-order valence-corrected chi connectivity index (χ2v) is 12.1. The molecule has 0 aliphatic heterocycles. The van der Waals surface area contributed by atoms with Crippen LogP contribution in [0.15, 0.2) is 145 Å². The molecule has 5 heteroatoms. The van der Waals surface area contributed by atoms with Crippen LogP contribution >= 0.6 is 0 Å². The lowest BCUT2D eigenvalue weighted by Gasteiger charge is -2.13. The van der Waals surface area contributed by atoms with Crippen molar-refractivity contribution in [1.82, 2.24) is 19.9 Å². The Labute approximate surface area is 283 Å². The Morgan fingerprint density at radius 3 is 2.20 bits per heavy atom. The number of rotatable bonds is 5. The third-order valence-corrected chi connectivity index (χ3v) is 9.26. The Balaban J connectivity index is 1.16. The first-order valence-electron chi connectivity index (χ1n) is 16.3. The number of hydrogen-bond donors (Lipinski definition) is 0. The summed E-state index contributed by atoms with van der Waals surface area (Å²) in [5.41, 5.74) is 12.4. The van der Waals surface area contributed by atoms with E-state index in [1.165, 1.54) is 5.56 Å². The molecule has 230 valence electrons. The van der Waals surface area contributed by atoms with E-state index in [0.29, 0.717) is 0 Å². The lowest BCUT2D eigenvalue weighted by Crippen LogP contribution is -1.94. The van der Waals surface area contributed by atoms with Gasteiger partial charge in [-0.1, -0.05) is 103 Å². The van der Waals surface area contributed by atoms with Crippen molar-refractivity contribution in [2.75, 3.05) is 0 Å². The van der Waals surface area contributed by atoms with Crippen molar-refractivity contribution in [2.45, 2.75) is 6.92 Å². The third-order valence-electron chi connectivity index (χ3n) is 9.26. The summed E-state index contributed by atoms with van der Waals surface area (Å²) in [4.78, 5) is 24.4. The number of pyridine rings is 4. The highest BCUT2D eigenvalue weighted by molar-refractivity contribution is 6.16. The van der Waals surface area contributed by atoms with E-state index in [1.54, 1.807) is 0 Å². The van der Waals surface area contributed by atoms with Crippen molar-refractivity contribution in [1.29, 1.82) is 0 Å². The van der Waals surface area contributed by atoms with Crippen molar-refractivity contribution in [3.8, 4) is 33.6 Å². The van der Waals surface area contributed by atoms with Crippen LogP contribution in [0.3, 0.4) is 0 Å². The summed E-state index contributed by atoms with van der Waals surface area (Å²) in [6, 6.07) is 44.2. The molecule has 0 saturated heterocycles. The van der Waals surface area contributed by atoms with Gasteiger partial charge in [0.2, 0.25) is 0 Å². The smallest absolute Gasteiger partial charge is 0.0978 e. The molecule has 4 aromatic heterocycles. The van der Waals surface area contributed by atoms with Gasteiger partial charge in [-0.15, -0.1) is 0 Å². The van der Waals surface area contributed by atoms with Crippen LogP contribution < -0.4 is 0 Å². The Morgan fingerprint density at radius 1 is 0.571 bits per heavy atom. The van der Waals surface area contributed by atoms with E-state index < -0.39 is 0 Å². The summed E-state index contributed by atoms with van der Waals surface area (Å²) in [6.07, 6.45) is 5.87. The zero-order chi connectivity index (χ0) is 32.9. The van der Waals surface area contributed by atoms with E-state index in [4.69, 9.17) is 15.0 Å². The van der Waals surface area contributed by atoms with E-state index >= 15 is 0 Å². The van der Waals surface area contributed by atoms with Crippen molar-refractivity contribution < 1.29 is 0 Å². The Bertz CT molecular complexity index is 2800. The van der Waals surface area contributed by atoms with Crippen molar-refractivity contribution in [2.24, 2.45) is 4.99 Å². The zero-order valence-electron chi connectivity index (χ0n) is 26.8. The highest BCUT2D eigenvalue weighted by Gasteiger charge is 2.16. The fourth-order valence-electron chi connectivity index (χ4n) is 6.98. The normalized spacial score (nSPS) is 11.8. The molecule has 0 radical (unpaired) electrons. The predicted molar refractivity (Wildman–Crippen MR) is 205 cm³/mol. The summed E-state index contributed by atoms with van der Waals surface area (Å²) in [7, 11) is 0. The van der Waals surface area contributed by atoms with Gasteiger partial charge < -0.3 is 0 Å². The monoisotopic (exact) mass is 627 g/mol. The van der Waals surface area contributed by atoms with Gasteiger partial charge in [0.05, 0.1) is 44.7 Å². The molecule has 0 amide bonds. The van der Waals surface area contributed by atoms with E-state index in [-0.39, 0.29) is 0 Å². The average Bonchev–Trinajstić information content (AvgIpc) is 3.16. The van der Waals surface area contributed by atoms with Crippen LogP contribution in [0.2, 0.25) is 0 Å². The minimum absolute atomic E-state index is 0.792. The number of hydrogen-bond acceptors (Lipinski definition) is 5. The fourth-order valence-corrected chi connectivity index (χ4v) is 6.98. The number of nitrogens with zero attached hydrogens (tertiary/aromatic N) is 5. The molecule has 5 nitrogen and oxygen atoms in total. The van der Waals surface area contributed by atoms with Gasteiger partial charge >= 0.3 is 0 Å². The molecule has 0 atom stereocenters. The minimum atomic E-state index is 0.792. The molecule has 0 aliphatic rings. The number of aromatic nitrogens is 4. The maximum Gasteiger partial charge on any atom is 0.0978 e. The highest BCUT2D eigenvalue weighted by Crippen LogP contribution is 2.39. The molecule has 49 heavy (non-hydrogen) atoms. The van der Waals surface area contributed by atoms with Gasteiger partial charge in [-0.3, -0.25) is 9.98 Å². The summed E-state index contributed by atoms with van der Waals surface area (Å²) in [5.74, 6) is 0. The van der Waals surface area contributed by atoms with Gasteiger partial charge in [0, 0.05) is 44.3 Å². The quantitative estimate of drug-likeness (QED) is 0.108. The molecule has 0 bridgehead atoms. The first-order chi connectivity index (χ1) is 24.2. The van der Waals surface area contributed by atoms with Crippen molar-refractivity contribution in [3.05, 3.63) is 145 Å². The molecule has 0 fully saturated rings. The van der Waals surface area contributed by atoms with Gasteiger partial charge in [0.25, 0.3) is 0 Å². The van der Waals surface area contributed by atoms with Crippen LogP contribution in [-0.2, 0) is 0 Å². The van der Waals surface area contributed by atoms with Crippen LogP contribution in [0.1, 0.15) is 12.5 Å². The van der Waals surface area contributed by atoms with E-state index in [9.17, 15) is 0 Å². The topological polar surface area (TPSA) is 63.9 Å². The lowest BCUT2D eigenvalue weighted by molar-refractivity contribution is 1.32. The SMILES string of the molecule is C=Nc1c(/C=C\C)ccc2c(-c3ccc4nc(-c5ccc6ccc7c(-c8ccccc8)c8ccccc8nc7c6n5)ccc4c3)ccnc12. The number of fused-ring (bicyclic) bond motifs is 6. The standard InChI is InChI=1S/C44H29N5/c1-3-9-28-14-19-33-32(24-25-46-43(33)41(28)45-2)30-17-21-36-31(26-30)18-23-38(47-36)39-22-16-29-15-20-35-40(27-10-5-4-6-11-27)34-12-7-8-13-37(34)48-44(35)42(29)49-39/h3-26H,2H2,1H3/b9-3-. The maximum absolute atomic E-state index is 5.21. The van der Waals surface area contributed by atoms with E-state index in [2.05, 4.69) is 126 Å². The first-order valence-corrected chi connectivity index (χ1v) is 16.3. The Morgan fingerprint density at radius 2 is 1.35 bits per heavy atom. The van der Waals surface area contributed by atoms with E-state index in [0.717, 1.165) is 93.8 Å². The number of aliphatic imine (C=N–C) groups is 1. The third kappa shape index (κ3) is 4.75. The van der Waals surface area contributed by atoms with Crippen LogP contribution in [0, 0.1) is 0 Å². The van der Waals surface area contributed by atoms with Crippen LogP contribution in [-0.4, -0.2) is 26.7 Å². The van der Waals surface area contributed by atoms with E-state index in [1.807, 2.05) is 43.5 Å². The zero-order valence-corrected chi connectivity index (χ0v) is 26.8. The Hall–Kier alpha value is -6.59. The summed E-state index contributed by atoms with van der Waals surface area (Å²) in [6.45, 7) is 5.81. The summed E-state index contributed by atoms with van der Waals surface area (Å²) >= 11 is 0. The molecular formula is C44H29N5. The average molecular weight is 628 g/mol. The predicted octanol–water partition coefficient (Wildman–Crippen LogP) is 11.4. The second kappa shape index (κ2) is 11.6. The summed E-state index contributed by atoms with van der Waals surface area (Å²) < 4.78 is 0. The lowest BCUT2D eigenvalue weighted by atomic mass is 9.95. The summed E-state index contributed by atoms with van der Waals surface area (Å²) in [5, 5.41) is 5.33. The fraction of sp³-hybridized carbons (Fsp3) is 0.0227. The molecule has 4 heterocycles. The molecule has 5 aromatic carbocycles. The van der Waals surface area contributed by atoms with Gasteiger partial charge in [-0.25, -0.2) is 15.0 Å². The van der Waals surface area contributed by atoms with Gasteiger partial charge in [0.1, 0.15) is 0 Å². The molecule has 9 rings (SSSR count). The minimum Gasteiger partial charge on any atom is -0.262 e. The van der Waals surface area contributed by atoms with Gasteiger partial charge in [0.15, 0.2) is 0 Å². The Kier molecular flexibility index (Phi) is 6.76. The molecule has 0 unspecified atom stereocenters. The number of allylic oxidation sites excluding steroid dienone is 1. The first kappa shape index (κ1) is 28.6. The number of para-hydroxylation sites is 1. The largest absolute Gasteiger partial charge is 0.262 e. The van der Waals surface area contributed by atoms with Gasteiger partial charge in [-0.2, -0.15) is 0 Å². The molecular weight excluding hydrogens is 599 g/mol. The van der Waals surface area contributed by atoms with Crippen LogP contribution in [0.5, 0.6) is 0 Å². The molecule has 0 saturated carbocycles. The van der Waals surface area contributed by atoms with Crippen molar-refractivity contribution >= 4 is 73.0 Å². The highest BCUT2D eigenvalue weighted by atomic mass is 14.8. The van der Waals surface area contributed by atoms with Crippen LogP contribution in [0.4, 0.5) is 5.69 Å². The second-order valence-electron chi connectivity index (χ2n) is 12.1. The molecule has 9 aromatic rings. The van der Waals surface area contributed by atoms with Crippen LogP contribution in [0.25, 0.3) is 94.2 Å². The molecule has 0 aliphatic carbocycles. The molecule has 0 spiro atoms. The number of benzene rings is 5. The van der Waals surface area contributed by atoms with Crippen molar-refractivity contribution in [3.63, 3.8) is 0 Å². The maximum atomic E-state index is 5.21.